The Kier molecular flexibility index (Phi) is 2.25. The molecular weight excluding hydrogens is 192 g/mol. The van der Waals surface area contributed by atoms with Crippen LogP contribution in [0.3, 0.4) is 0 Å². The van der Waals surface area contributed by atoms with Crippen molar-refractivity contribution < 1.29 is 9.90 Å². The highest BCUT2D eigenvalue weighted by Gasteiger charge is 2.00. The summed E-state index contributed by atoms with van der Waals surface area (Å²) in [6.07, 6.45) is 4.44. The molecule has 0 atom stereocenters. The maximum Gasteiger partial charge on any atom is 0.328 e. The summed E-state index contributed by atoms with van der Waals surface area (Å²) in [7, 11) is 0. The van der Waals surface area contributed by atoms with E-state index in [4.69, 9.17) is 5.11 Å². The van der Waals surface area contributed by atoms with Gasteiger partial charge in [-0.1, -0.05) is 0 Å². The number of fused-ring (bicyclic) bond motifs is 1. The molecule has 1 heterocycles. The Hall–Kier alpha value is -2.10. The average molecular weight is 202 g/mol. The lowest BCUT2D eigenvalue weighted by molar-refractivity contribution is -0.131. The number of hydrogen-bond acceptors (Lipinski definition) is 2. The van der Waals surface area contributed by atoms with Gasteiger partial charge in [0.15, 0.2) is 0 Å². The van der Waals surface area contributed by atoms with Gasteiger partial charge < -0.3 is 5.11 Å². The first-order valence-electron chi connectivity index (χ1n) is 4.51. The molecule has 0 aliphatic heterocycles. The zero-order chi connectivity index (χ0) is 10.8. The number of H-pyrrole nitrogens is 1. The lowest BCUT2D eigenvalue weighted by Gasteiger charge is -1.99. The minimum Gasteiger partial charge on any atom is -0.478 e. The third-order valence-electron chi connectivity index (χ3n) is 2.23. The fourth-order valence-corrected chi connectivity index (χ4v) is 1.46. The highest BCUT2D eigenvalue weighted by Crippen LogP contribution is 2.18. The van der Waals surface area contributed by atoms with Crippen LogP contribution in [-0.4, -0.2) is 21.3 Å². The van der Waals surface area contributed by atoms with Crippen molar-refractivity contribution in [3.8, 4) is 0 Å². The number of carboxylic acids is 1. The van der Waals surface area contributed by atoms with Crippen molar-refractivity contribution in [1.29, 1.82) is 0 Å². The molecule has 0 aliphatic carbocycles. The second-order valence-corrected chi connectivity index (χ2v) is 3.34. The molecule has 0 spiro atoms. The molecule has 76 valence electrons. The van der Waals surface area contributed by atoms with E-state index in [0.717, 1.165) is 28.1 Å². The Balaban J connectivity index is 2.50. The number of benzene rings is 1. The third-order valence-corrected chi connectivity index (χ3v) is 2.23. The second kappa shape index (κ2) is 3.57. The Morgan fingerprint density at radius 1 is 1.53 bits per heavy atom. The Bertz CT molecular complexity index is 541. The molecule has 0 unspecified atom stereocenters. The van der Waals surface area contributed by atoms with Gasteiger partial charge >= 0.3 is 5.97 Å². The van der Waals surface area contributed by atoms with E-state index in [1.54, 1.807) is 12.3 Å². The molecule has 2 aromatic rings. The van der Waals surface area contributed by atoms with Crippen LogP contribution in [0, 0.1) is 6.92 Å². The van der Waals surface area contributed by atoms with E-state index < -0.39 is 5.97 Å². The van der Waals surface area contributed by atoms with Crippen LogP contribution in [0.25, 0.3) is 17.0 Å². The molecule has 0 fully saturated rings. The van der Waals surface area contributed by atoms with Gasteiger partial charge in [0.25, 0.3) is 0 Å². The number of aliphatic carboxylic acids is 1. The number of nitrogens with zero attached hydrogens (tertiary/aromatic N) is 1. The molecule has 0 amide bonds. The summed E-state index contributed by atoms with van der Waals surface area (Å²) >= 11 is 0. The number of rotatable bonds is 2. The number of carbonyl (C=O) groups is 1. The fraction of sp³-hybridized carbons (Fsp3) is 0.0909. The van der Waals surface area contributed by atoms with Crippen LogP contribution in [-0.2, 0) is 4.79 Å². The van der Waals surface area contributed by atoms with E-state index in [1.165, 1.54) is 0 Å². The van der Waals surface area contributed by atoms with Gasteiger partial charge in [0, 0.05) is 11.5 Å². The SMILES string of the molecule is Cc1cc2[nH]ncc2cc1C=CC(=O)O. The molecular formula is C11H10N2O2. The van der Waals surface area contributed by atoms with Crippen LogP contribution >= 0.6 is 0 Å². The van der Waals surface area contributed by atoms with Crippen molar-refractivity contribution in [3.05, 3.63) is 35.5 Å². The Labute approximate surface area is 86.2 Å². The molecule has 0 saturated carbocycles. The lowest BCUT2D eigenvalue weighted by Crippen LogP contribution is -1.87. The largest absolute Gasteiger partial charge is 0.478 e. The van der Waals surface area contributed by atoms with Gasteiger partial charge in [-0.3, -0.25) is 5.10 Å². The first kappa shape index (κ1) is 9.45. The molecule has 0 aliphatic rings. The molecule has 2 rings (SSSR count). The molecule has 0 bridgehead atoms. The van der Waals surface area contributed by atoms with Crippen LogP contribution in [0.2, 0.25) is 0 Å². The summed E-state index contributed by atoms with van der Waals surface area (Å²) in [5, 5.41) is 16.3. The van der Waals surface area contributed by atoms with E-state index in [9.17, 15) is 4.79 Å². The van der Waals surface area contributed by atoms with Gasteiger partial charge in [-0.25, -0.2) is 4.79 Å². The zero-order valence-electron chi connectivity index (χ0n) is 8.19. The van der Waals surface area contributed by atoms with Crippen LogP contribution in [0.5, 0.6) is 0 Å². The van der Waals surface area contributed by atoms with Gasteiger partial charge in [-0.15, -0.1) is 0 Å². The van der Waals surface area contributed by atoms with Crippen LogP contribution in [0.15, 0.2) is 24.4 Å². The van der Waals surface area contributed by atoms with E-state index in [-0.39, 0.29) is 0 Å². The molecule has 1 aromatic heterocycles. The third kappa shape index (κ3) is 1.88. The van der Waals surface area contributed by atoms with Gasteiger partial charge in [0.1, 0.15) is 0 Å². The van der Waals surface area contributed by atoms with Gasteiger partial charge in [0.05, 0.1) is 11.7 Å². The zero-order valence-corrected chi connectivity index (χ0v) is 8.19. The van der Waals surface area contributed by atoms with Crippen LogP contribution in [0.1, 0.15) is 11.1 Å². The van der Waals surface area contributed by atoms with Crippen molar-refractivity contribution in [2.45, 2.75) is 6.92 Å². The monoisotopic (exact) mass is 202 g/mol. The number of hydrogen-bond donors (Lipinski definition) is 2. The van der Waals surface area contributed by atoms with Gasteiger partial charge in [-0.05, 0) is 36.3 Å². The van der Waals surface area contributed by atoms with E-state index in [1.807, 2.05) is 19.1 Å². The van der Waals surface area contributed by atoms with Gasteiger partial charge in [-0.2, -0.15) is 5.10 Å². The number of aryl methyl sites for hydroxylation is 1. The summed E-state index contributed by atoms with van der Waals surface area (Å²) in [6.45, 7) is 1.93. The molecule has 2 N–H and O–H groups in total. The van der Waals surface area contributed by atoms with Crippen molar-refractivity contribution in [3.63, 3.8) is 0 Å². The maximum atomic E-state index is 10.4. The summed E-state index contributed by atoms with van der Waals surface area (Å²) < 4.78 is 0. The summed E-state index contributed by atoms with van der Waals surface area (Å²) in [5.74, 6) is -0.943. The predicted octanol–water partition coefficient (Wildman–Crippen LogP) is 1.97. The lowest BCUT2D eigenvalue weighted by atomic mass is 10.1. The van der Waals surface area contributed by atoms with E-state index >= 15 is 0 Å². The van der Waals surface area contributed by atoms with Crippen LogP contribution in [0.4, 0.5) is 0 Å². The number of aromatic nitrogens is 2. The maximum absolute atomic E-state index is 10.4. The Morgan fingerprint density at radius 3 is 3.07 bits per heavy atom. The standard InChI is InChI=1S/C11H10N2O2/c1-7-4-10-9(6-12-13-10)5-8(7)2-3-11(14)15/h2-6H,1H3,(H,12,13)(H,14,15). The minimum absolute atomic E-state index is 0.895. The topological polar surface area (TPSA) is 66.0 Å². The second-order valence-electron chi connectivity index (χ2n) is 3.34. The first-order valence-corrected chi connectivity index (χ1v) is 4.51. The highest BCUT2D eigenvalue weighted by atomic mass is 16.4. The van der Waals surface area contributed by atoms with Gasteiger partial charge in [0.2, 0.25) is 0 Å². The average Bonchev–Trinajstić information content (AvgIpc) is 2.60. The Morgan fingerprint density at radius 2 is 2.33 bits per heavy atom. The number of carboxylic acid groups (broad SMARTS) is 1. The highest BCUT2D eigenvalue weighted by molar-refractivity contribution is 5.88. The molecule has 4 nitrogen and oxygen atoms in total. The van der Waals surface area contributed by atoms with Crippen molar-refractivity contribution in [1.82, 2.24) is 10.2 Å². The number of aromatic amines is 1. The van der Waals surface area contributed by atoms with Crippen molar-refractivity contribution in [2.24, 2.45) is 0 Å². The molecule has 0 radical (unpaired) electrons. The molecule has 1 aromatic carbocycles. The molecule has 0 saturated heterocycles. The minimum atomic E-state index is -0.943. The summed E-state index contributed by atoms with van der Waals surface area (Å²) in [5.41, 5.74) is 2.87. The summed E-state index contributed by atoms with van der Waals surface area (Å²) in [4.78, 5) is 10.4. The molecule has 4 heteroatoms. The normalized spacial score (nSPS) is 11.3. The van der Waals surface area contributed by atoms with Crippen molar-refractivity contribution >= 4 is 22.9 Å². The first-order chi connectivity index (χ1) is 7.16. The predicted molar refractivity (Wildman–Crippen MR) is 57.5 cm³/mol. The number of nitrogens with one attached hydrogen (secondary N) is 1. The quantitative estimate of drug-likeness (QED) is 0.731. The van der Waals surface area contributed by atoms with E-state index in [0.29, 0.717) is 0 Å². The van der Waals surface area contributed by atoms with Crippen LogP contribution < -0.4 is 0 Å². The molecule has 15 heavy (non-hydrogen) atoms. The summed E-state index contributed by atoms with van der Waals surface area (Å²) in [6, 6.07) is 3.86. The van der Waals surface area contributed by atoms with Crippen molar-refractivity contribution in [2.75, 3.05) is 0 Å². The fourth-order valence-electron chi connectivity index (χ4n) is 1.46. The smallest absolute Gasteiger partial charge is 0.328 e. The van der Waals surface area contributed by atoms with E-state index in [2.05, 4.69) is 10.2 Å².